The van der Waals surface area contributed by atoms with Gasteiger partial charge in [0.05, 0.1) is 12.5 Å². The molecule has 4 heteroatoms. The molecule has 0 aromatic heterocycles. The third kappa shape index (κ3) is 4.21. The van der Waals surface area contributed by atoms with Crippen molar-refractivity contribution >= 4 is 5.91 Å². The van der Waals surface area contributed by atoms with Gasteiger partial charge in [-0.1, -0.05) is 18.2 Å². The normalized spacial score (nSPS) is 18.3. The standard InChI is InChI=1S/C17H26N2O2/c1-13(2)21-16-9-5-4-7-14(16)11-17(20)19-10-6-8-15(19)12-18-3/h4-5,7,9,13,15,18H,6,8,10-12H2,1-3H3/t15-/m0/s1. The van der Waals surface area contributed by atoms with Gasteiger partial charge >= 0.3 is 0 Å². The van der Waals surface area contributed by atoms with Crippen LogP contribution in [0.15, 0.2) is 24.3 Å². The zero-order chi connectivity index (χ0) is 15.2. The summed E-state index contributed by atoms with van der Waals surface area (Å²) in [5, 5.41) is 3.18. The van der Waals surface area contributed by atoms with Crippen LogP contribution in [0.3, 0.4) is 0 Å². The van der Waals surface area contributed by atoms with Crippen LogP contribution in [-0.2, 0) is 11.2 Å². The molecule has 1 aliphatic rings. The molecule has 1 N–H and O–H groups in total. The molecule has 1 aromatic carbocycles. The molecule has 21 heavy (non-hydrogen) atoms. The quantitative estimate of drug-likeness (QED) is 0.873. The van der Waals surface area contributed by atoms with Crippen molar-refractivity contribution in [1.29, 1.82) is 0 Å². The van der Waals surface area contributed by atoms with Gasteiger partial charge < -0.3 is 15.0 Å². The highest BCUT2D eigenvalue weighted by Crippen LogP contribution is 2.23. The van der Waals surface area contributed by atoms with Crippen molar-refractivity contribution in [2.45, 2.75) is 45.3 Å². The van der Waals surface area contributed by atoms with Gasteiger partial charge in [0.2, 0.25) is 5.91 Å². The summed E-state index contributed by atoms with van der Waals surface area (Å²) < 4.78 is 5.80. The molecule has 0 radical (unpaired) electrons. The number of carbonyl (C=O) groups is 1. The fraction of sp³-hybridized carbons (Fsp3) is 0.588. The first-order chi connectivity index (χ1) is 10.1. The second kappa shape index (κ2) is 7.46. The van der Waals surface area contributed by atoms with Crippen LogP contribution in [0.2, 0.25) is 0 Å². The van der Waals surface area contributed by atoms with Crippen LogP contribution in [0.1, 0.15) is 32.3 Å². The second-order valence-electron chi connectivity index (χ2n) is 5.89. The molecule has 0 unspecified atom stereocenters. The number of nitrogens with one attached hydrogen (secondary N) is 1. The van der Waals surface area contributed by atoms with Crippen molar-refractivity contribution in [3.05, 3.63) is 29.8 Å². The van der Waals surface area contributed by atoms with Gasteiger partial charge in [-0.3, -0.25) is 4.79 Å². The van der Waals surface area contributed by atoms with Gasteiger partial charge in [-0.2, -0.15) is 0 Å². The summed E-state index contributed by atoms with van der Waals surface area (Å²) in [4.78, 5) is 14.6. The average molecular weight is 290 g/mol. The van der Waals surface area contributed by atoms with E-state index < -0.39 is 0 Å². The largest absolute Gasteiger partial charge is 0.491 e. The topological polar surface area (TPSA) is 41.6 Å². The third-order valence-corrected chi connectivity index (χ3v) is 3.81. The molecule has 1 fully saturated rings. The van der Waals surface area contributed by atoms with Crippen LogP contribution in [0.4, 0.5) is 0 Å². The lowest BCUT2D eigenvalue weighted by molar-refractivity contribution is -0.131. The Morgan fingerprint density at radius 1 is 1.43 bits per heavy atom. The predicted molar refractivity (Wildman–Crippen MR) is 84.6 cm³/mol. The number of ether oxygens (including phenoxy) is 1. The van der Waals surface area contributed by atoms with Crippen molar-refractivity contribution in [2.75, 3.05) is 20.1 Å². The maximum absolute atomic E-state index is 12.6. The van der Waals surface area contributed by atoms with Crippen molar-refractivity contribution in [2.24, 2.45) is 0 Å². The molecule has 0 aliphatic carbocycles. The van der Waals surface area contributed by atoms with E-state index in [1.54, 1.807) is 0 Å². The third-order valence-electron chi connectivity index (χ3n) is 3.81. The number of rotatable bonds is 6. The summed E-state index contributed by atoms with van der Waals surface area (Å²) in [5.74, 6) is 1.03. The molecule has 116 valence electrons. The maximum atomic E-state index is 12.6. The minimum Gasteiger partial charge on any atom is -0.491 e. The van der Waals surface area contributed by atoms with Crippen LogP contribution < -0.4 is 10.1 Å². The Balaban J connectivity index is 2.05. The van der Waals surface area contributed by atoms with E-state index in [-0.39, 0.29) is 12.0 Å². The number of nitrogens with zero attached hydrogens (tertiary/aromatic N) is 1. The van der Waals surface area contributed by atoms with Gasteiger partial charge in [0, 0.05) is 24.7 Å². The van der Waals surface area contributed by atoms with Crippen molar-refractivity contribution in [3.8, 4) is 5.75 Å². The summed E-state index contributed by atoms with van der Waals surface area (Å²) in [5.41, 5.74) is 0.978. The summed E-state index contributed by atoms with van der Waals surface area (Å²) >= 11 is 0. The smallest absolute Gasteiger partial charge is 0.227 e. The lowest BCUT2D eigenvalue weighted by Gasteiger charge is -2.25. The summed E-state index contributed by atoms with van der Waals surface area (Å²) in [6, 6.07) is 8.17. The van der Waals surface area contributed by atoms with Gasteiger partial charge in [0.1, 0.15) is 5.75 Å². The number of hydrogen-bond acceptors (Lipinski definition) is 3. The number of amides is 1. The van der Waals surface area contributed by atoms with Gasteiger partial charge in [-0.15, -0.1) is 0 Å². The lowest BCUT2D eigenvalue weighted by Crippen LogP contribution is -2.41. The minimum atomic E-state index is 0.116. The van der Waals surface area contributed by atoms with Gasteiger partial charge in [0.25, 0.3) is 0 Å². The summed E-state index contributed by atoms with van der Waals surface area (Å²) in [7, 11) is 1.94. The molecule has 0 bridgehead atoms. The monoisotopic (exact) mass is 290 g/mol. The zero-order valence-corrected chi connectivity index (χ0v) is 13.3. The van der Waals surface area contributed by atoms with E-state index in [2.05, 4.69) is 5.32 Å². The van der Waals surface area contributed by atoms with Crippen LogP contribution in [0.5, 0.6) is 5.75 Å². The van der Waals surface area contributed by atoms with Crippen LogP contribution in [0.25, 0.3) is 0 Å². The fourth-order valence-electron chi connectivity index (χ4n) is 2.90. The Labute approximate surface area is 127 Å². The molecule has 1 amide bonds. The molecular formula is C17H26N2O2. The highest BCUT2D eigenvalue weighted by Gasteiger charge is 2.28. The molecule has 1 heterocycles. The van der Waals surface area contributed by atoms with E-state index >= 15 is 0 Å². The first kappa shape index (κ1) is 15.8. The Morgan fingerprint density at radius 2 is 2.19 bits per heavy atom. The van der Waals surface area contributed by atoms with E-state index in [0.717, 1.165) is 37.2 Å². The average Bonchev–Trinajstić information content (AvgIpc) is 2.89. The first-order valence-electron chi connectivity index (χ1n) is 7.80. The second-order valence-corrected chi connectivity index (χ2v) is 5.89. The number of carbonyl (C=O) groups excluding carboxylic acids is 1. The highest BCUT2D eigenvalue weighted by molar-refractivity contribution is 5.80. The highest BCUT2D eigenvalue weighted by atomic mass is 16.5. The number of para-hydroxylation sites is 1. The van der Waals surface area contributed by atoms with E-state index in [1.165, 1.54) is 0 Å². The van der Waals surface area contributed by atoms with Crippen LogP contribution in [-0.4, -0.2) is 43.1 Å². The Bertz CT molecular complexity index is 474. The number of likely N-dealkylation sites (N-methyl/N-ethyl adjacent to an activating group) is 1. The maximum Gasteiger partial charge on any atom is 0.227 e. The van der Waals surface area contributed by atoms with Crippen molar-refractivity contribution < 1.29 is 9.53 Å². The molecular weight excluding hydrogens is 264 g/mol. The molecule has 4 nitrogen and oxygen atoms in total. The van der Waals surface area contributed by atoms with Gasteiger partial charge in [-0.05, 0) is 39.8 Å². The molecule has 2 rings (SSSR count). The molecule has 1 aromatic rings. The zero-order valence-electron chi connectivity index (χ0n) is 13.3. The van der Waals surface area contributed by atoms with Crippen molar-refractivity contribution in [3.63, 3.8) is 0 Å². The molecule has 1 aliphatic heterocycles. The van der Waals surface area contributed by atoms with Gasteiger partial charge in [0.15, 0.2) is 0 Å². The van der Waals surface area contributed by atoms with E-state index in [1.807, 2.05) is 50.1 Å². The van der Waals surface area contributed by atoms with Gasteiger partial charge in [-0.25, -0.2) is 0 Å². The van der Waals surface area contributed by atoms with E-state index in [9.17, 15) is 4.79 Å². The molecule has 0 spiro atoms. The van der Waals surface area contributed by atoms with Crippen LogP contribution in [0, 0.1) is 0 Å². The number of hydrogen-bond donors (Lipinski definition) is 1. The predicted octanol–water partition coefficient (Wildman–Crippen LogP) is 2.23. The summed E-state index contributed by atoms with van der Waals surface area (Å²) in [6.45, 7) is 5.75. The number of benzene rings is 1. The minimum absolute atomic E-state index is 0.116. The van der Waals surface area contributed by atoms with Crippen molar-refractivity contribution in [1.82, 2.24) is 10.2 Å². The Kier molecular flexibility index (Phi) is 5.62. The SMILES string of the molecule is CNC[C@@H]1CCCN1C(=O)Cc1ccccc1OC(C)C. The van der Waals surface area contributed by atoms with E-state index in [4.69, 9.17) is 4.74 Å². The fourth-order valence-corrected chi connectivity index (χ4v) is 2.90. The summed E-state index contributed by atoms with van der Waals surface area (Å²) in [6.07, 6.45) is 2.73. The lowest BCUT2D eigenvalue weighted by atomic mass is 10.1. The van der Waals surface area contributed by atoms with Crippen LogP contribution >= 0.6 is 0 Å². The Morgan fingerprint density at radius 3 is 2.90 bits per heavy atom. The molecule has 1 saturated heterocycles. The molecule has 1 atom stereocenters. The number of likely N-dealkylation sites (tertiary alicyclic amines) is 1. The first-order valence-corrected chi connectivity index (χ1v) is 7.80. The van der Waals surface area contributed by atoms with E-state index in [0.29, 0.717) is 12.5 Å². The Hall–Kier alpha value is -1.55. The molecule has 0 saturated carbocycles.